The highest BCUT2D eigenvalue weighted by Gasteiger charge is 2.36. The molecule has 0 radical (unpaired) electrons. The number of benzene rings is 2. The van der Waals surface area contributed by atoms with E-state index in [2.05, 4.69) is 52.2 Å². The quantitative estimate of drug-likeness (QED) is 0.0106. The largest absolute Gasteiger partial charge is 0.508 e. The van der Waals surface area contributed by atoms with E-state index >= 15 is 0 Å². The molecule has 2 aromatic carbocycles. The predicted molar refractivity (Wildman–Crippen MR) is 268 cm³/mol. The maximum absolute atomic E-state index is 14.6. The number of nitrogens with one attached hydrogen (secondary N) is 8. The Balaban J connectivity index is 1.95. The number of carboxylic acids is 2. The van der Waals surface area contributed by atoms with E-state index in [0.717, 1.165) is 13.8 Å². The number of phenolic OH excluding ortho intramolecular Hbond substituents is 1. The van der Waals surface area contributed by atoms with E-state index in [1.165, 1.54) is 24.3 Å². The number of nitrogens with zero attached hydrogens (tertiary/aromatic N) is 3. The number of aromatic amines is 1. The molecule has 28 heteroatoms. The van der Waals surface area contributed by atoms with Crippen LogP contribution in [-0.2, 0) is 56.0 Å². The number of thioether (sulfide) groups is 1. The predicted octanol–water partition coefficient (Wildman–Crippen LogP) is -1.76. The third-order valence-corrected chi connectivity index (χ3v) is 12.3. The van der Waals surface area contributed by atoms with Gasteiger partial charge < -0.3 is 79.2 Å². The van der Waals surface area contributed by atoms with E-state index in [0.29, 0.717) is 46.6 Å². The van der Waals surface area contributed by atoms with Crippen LogP contribution in [0.2, 0.25) is 0 Å². The molecule has 3 rings (SSSR count). The SMILES string of the molecule is C[C@@H](O)[C@H](NC(=O)[C@H](CSC(N)C(=O)O)NC(=O)[C@@H](NC(=O)[C@H](CCCCN)NC(=O)[C@H](Cc1c[nH]c2ccccc12)NC(=O)[C@H](Cc1ccc(O)cc1)NC(=O)CCC(=O)NCCCN=[N+]=[N-])[C@@H](C)O)C(=O)O. The summed E-state index contributed by atoms with van der Waals surface area (Å²) >= 11 is 0.483. The zero-order valence-corrected chi connectivity index (χ0v) is 41.5. The number of aliphatic carboxylic acids is 2. The van der Waals surface area contributed by atoms with Gasteiger partial charge in [0.05, 0.1) is 12.2 Å². The molecular weight excluding hydrogens is 991 g/mol. The molecule has 27 nitrogen and oxygen atoms in total. The Kier molecular flexibility index (Phi) is 25.6. The highest BCUT2D eigenvalue weighted by Crippen LogP contribution is 2.20. The molecule has 9 atom stereocenters. The van der Waals surface area contributed by atoms with Crippen LogP contribution in [0.3, 0.4) is 0 Å². The lowest BCUT2D eigenvalue weighted by Crippen LogP contribution is -2.62. The lowest BCUT2D eigenvalue weighted by atomic mass is 10.0. The van der Waals surface area contributed by atoms with Crippen molar-refractivity contribution in [1.29, 1.82) is 0 Å². The summed E-state index contributed by atoms with van der Waals surface area (Å²) in [6.07, 6.45) is -1.74. The van der Waals surface area contributed by atoms with Gasteiger partial charge in [0, 0.05) is 66.5 Å². The average Bonchev–Trinajstić information content (AvgIpc) is 3.76. The summed E-state index contributed by atoms with van der Waals surface area (Å²) < 4.78 is 0. The van der Waals surface area contributed by atoms with Gasteiger partial charge in [0.2, 0.25) is 41.4 Å². The van der Waals surface area contributed by atoms with Crippen molar-refractivity contribution in [3.63, 3.8) is 0 Å². The smallest absolute Gasteiger partial charge is 0.330 e. The van der Waals surface area contributed by atoms with Crippen molar-refractivity contribution >= 4 is 76.0 Å². The molecule has 0 saturated carbocycles. The number of carbonyl (C=O) groups excluding carboxylic acids is 7. The second-order valence-corrected chi connectivity index (χ2v) is 18.2. The number of azide groups is 1. The van der Waals surface area contributed by atoms with Gasteiger partial charge in [0.25, 0.3) is 0 Å². The maximum Gasteiger partial charge on any atom is 0.330 e. The Morgan fingerprint density at radius 2 is 1.28 bits per heavy atom. The topological polar surface area (TPSA) is 456 Å². The molecule has 17 N–H and O–H groups in total. The number of nitrogens with two attached hydrogens (primary N) is 2. The van der Waals surface area contributed by atoms with Gasteiger partial charge in [-0.25, -0.2) is 9.59 Å². The maximum atomic E-state index is 14.6. The molecule has 74 heavy (non-hydrogen) atoms. The number of amides is 7. The molecule has 0 spiro atoms. The van der Waals surface area contributed by atoms with Gasteiger partial charge in [-0.2, -0.15) is 0 Å². The first-order valence-corrected chi connectivity index (χ1v) is 24.5. The molecule has 0 bridgehead atoms. The van der Waals surface area contributed by atoms with E-state index in [1.54, 1.807) is 30.5 Å². The van der Waals surface area contributed by atoms with Crippen molar-refractivity contribution in [2.45, 2.75) is 119 Å². The molecule has 0 aliphatic heterocycles. The van der Waals surface area contributed by atoms with Crippen molar-refractivity contribution in [2.75, 3.05) is 25.4 Å². The van der Waals surface area contributed by atoms with Crippen LogP contribution in [0.4, 0.5) is 0 Å². The second-order valence-electron chi connectivity index (χ2n) is 17.1. The van der Waals surface area contributed by atoms with Crippen LogP contribution in [-0.4, -0.2) is 163 Å². The fourth-order valence-electron chi connectivity index (χ4n) is 7.13. The minimum Gasteiger partial charge on any atom is -0.508 e. The summed E-state index contributed by atoms with van der Waals surface area (Å²) in [5.74, 6) is -10.1. The second kappa shape index (κ2) is 31.2. The number of carbonyl (C=O) groups is 9. The summed E-state index contributed by atoms with van der Waals surface area (Å²) in [6, 6.07) is 3.10. The van der Waals surface area contributed by atoms with Crippen molar-refractivity contribution in [3.8, 4) is 5.75 Å². The Morgan fingerprint density at radius 3 is 1.91 bits per heavy atom. The van der Waals surface area contributed by atoms with Crippen molar-refractivity contribution < 1.29 is 68.7 Å². The van der Waals surface area contributed by atoms with Gasteiger partial charge in [-0.3, -0.25) is 33.6 Å². The average molecular weight is 1060 g/mol. The van der Waals surface area contributed by atoms with Gasteiger partial charge in [-0.15, -0.1) is 11.8 Å². The zero-order valence-electron chi connectivity index (χ0n) is 40.7. The van der Waals surface area contributed by atoms with E-state index in [9.17, 15) is 68.7 Å². The number of aliphatic hydroxyl groups excluding tert-OH is 2. The number of carboxylic acid groups (broad SMARTS) is 2. The number of rotatable bonds is 33. The molecule has 0 saturated heterocycles. The molecule has 0 aliphatic carbocycles. The van der Waals surface area contributed by atoms with E-state index in [4.69, 9.17) is 17.0 Å². The first-order valence-electron chi connectivity index (χ1n) is 23.5. The number of aliphatic hydroxyl groups is 2. The number of para-hydroxylation sites is 1. The molecule has 0 fully saturated rings. The number of fused-ring (bicyclic) bond motifs is 1. The van der Waals surface area contributed by atoms with E-state index < -0.39 is 113 Å². The molecule has 404 valence electrons. The number of H-pyrrole nitrogens is 1. The van der Waals surface area contributed by atoms with Crippen LogP contribution < -0.4 is 48.7 Å². The Morgan fingerprint density at radius 1 is 0.703 bits per heavy atom. The van der Waals surface area contributed by atoms with Crippen LogP contribution in [0, 0.1) is 0 Å². The molecule has 1 unspecified atom stereocenters. The number of unbranched alkanes of at least 4 members (excludes halogenated alkanes) is 1. The van der Waals surface area contributed by atoms with E-state index in [1.807, 2.05) is 0 Å². The first kappa shape index (κ1) is 60.8. The third-order valence-electron chi connectivity index (χ3n) is 11.2. The van der Waals surface area contributed by atoms with Gasteiger partial charge in [0.1, 0.15) is 41.3 Å². The molecule has 3 aromatic rings. The van der Waals surface area contributed by atoms with Crippen LogP contribution in [0.25, 0.3) is 21.3 Å². The number of hydrogen-bond donors (Lipinski definition) is 15. The summed E-state index contributed by atoms with van der Waals surface area (Å²) in [5, 5.41) is 69.2. The third kappa shape index (κ3) is 20.6. The van der Waals surface area contributed by atoms with Crippen LogP contribution in [0.15, 0.2) is 59.8 Å². The summed E-state index contributed by atoms with van der Waals surface area (Å²) in [5.41, 5.74) is 21.5. The number of aromatic hydroxyl groups is 1. The molecular formula is C46H65N13O14S. The lowest BCUT2D eigenvalue weighted by Gasteiger charge is -2.28. The Hall–Kier alpha value is -7.49. The fourth-order valence-corrected chi connectivity index (χ4v) is 7.91. The summed E-state index contributed by atoms with van der Waals surface area (Å²) in [4.78, 5) is 125. The first-order chi connectivity index (χ1) is 35.1. The number of hydrogen-bond acceptors (Lipinski definition) is 16. The lowest BCUT2D eigenvalue weighted by molar-refractivity contribution is -0.145. The monoisotopic (exact) mass is 1060 g/mol. The Labute approximate surface area is 428 Å². The van der Waals surface area contributed by atoms with E-state index in [-0.39, 0.29) is 63.9 Å². The Bertz CT molecular complexity index is 2450. The number of phenols is 1. The molecule has 1 aromatic heterocycles. The molecule has 7 amide bonds. The zero-order chi connectivity index (χ0) is 54.9. The highest BCUT2D eigenvalue weighted by molar-refractivity contribution is 8.00. The van der Waals surface area contributed by atoms with Gasteiger partial charge in [-0.05, 0) is 80.9 Å². The van der Waals surface area contributed by atoms with Gasteiger partial charge in [0.15, 0.2) is 6.04 Å². The standard InChI is InChI=1S/C46H65N13O14S/c1-24(60)37(44(69)56-34(23-74-39(48)46(72)73)43(68)58-38(25(2)61)45(70)71)57-40(65)31(10-5-6-17-47)54-42(67)33(21-27-22-51-30-9-4-3-8-29(27)30)55-41(66)32(20-26-11-13-28(62)14-12-26)53-36(64)16-15-35(63)50-18-7-19-52-59-49/h3-4,8-9,11-14,22,24-25,31-34,37-39,51,60-62H,5-7,10,15-21,23,47-48H2,1-2H3,(H,50,63)(H,53,64)(H,54,67)(H,55,66)(H,56,69)(H,57,65)(H,58,68)(H,70,71)(H,72,73)/t24-,25-,31+,32+,33+,34+,37+,38+,39?/m1/s1. The fraction of sp³-hybridized carbons (Fsp3) is 0.500. The normalized spacial score (nSPS) is 14.7. The summed E-state index contributed by atoms with van der Waals surface area (Å²) in [7, 11) is 0. The number of aromatic nitrogens is 1. The van der Waals surface area contributed by atoms with Crippen LogP contribution >= 0.6 is 11.8 Å². The molecule has 1 heterocycles. The van der Waals surface area contributed by atoms with Crippen molar-refractivity contribution in [3.05, 3.63) is 76.3 Å². The van der Waals surface area contributed by atoms with Crippen molar-refractivity contribution in [2.24, 2.45) is 16.6 Å². The van der Waals surface area contributed by atoms with Gasteiger partial charge >= 0.3 is 11.9 Å². The van der Waals surface area contributed by atoms with Crippen molar-refractivity contribution in [1.82, 2.24) is 42.2 Å². The highest BCUT2D eigenvalue weighted by atomic mass is 32.2. The minimum absolute atomic E-state index is 0.0707. The minimum atomic E-state index is -1.86. The van der Waals surface area contributed by atoms with Gasteiger partial charge in [-0.1, -0.05) is 35.4 Å². The summed E-state index contributed by atoms with van der Waals surface area (Å²) in [6.45, 7) is 2.72. The van der Waals surface area contributed by atoms with Crippen LogP contribution in [0.1, 0.15) is 63.5 Å². The molecule has 0 aliphatic rings. The van der Waals surface area contributed by atoms with Crippen LogP contribution in [0.5, 0.6) is 5.75 Å².